The van der Waals surface area contributed by atoms with Gasteiger partial charge in [-0.05, 0) is 37.1 Å². The van der Waals surface area contributed by atoms with Crippen molar-refractivity contribution in [3.05, 3.63) is 48.0 Å². The molecule has 10 heteroatoms. The van der Waals surface area contributed by atoms with Gasteiger partial charge in [0.05, 0.1) is 18.1 Å². The molecule has 1 amide bonds. The van der Waals surface area contributed by atoms with Gasteiger partial charge in [0.2, 0.25) is 10.0 Å². The largest absolute Gasteiger partial charge is 0.490 e. The molecule has 0 bridgehead atoms. The summed E-state index contributed by atoms with van der Waals surface area (Å²) in [6.45, 7) is 2.29. The highest BCUT2D eigenvalue weighted by Gasteiger charge is 2.30. The zero-order valence-electron chi connectivity index (χ0n) is 17.6. The van der Waals surface area contributed by atoms with Crippen molar-refractivity contribution in [3.63, 3.8) is 0 Å². The molecule has 2 aliphatic heterocycles. The van der Waals surface area contributed by atoms with Crippen LogP contribution in [-0.4, -0.2) is 52.7 Å². The minimum atomic E-state index is -3.99. The number of fused-ring (bicyclic) bond motifs is 2. The molecule has 4 rings (SSSR count). The fourth-order valence-electron chi connectivity index (χ4n) is 3.62. The van der Waals surface area contributed by atoms with Crippen LogP contribution in [0.3, 0.4) is 0 Å². The molecular formula is C22H24N2O7S. The van der Waals surface area contributed by atoms with Gasteiger partial charge in [-0.2, -0.15) is 4.72 Å². The number of ether oxygens (including phenoxy) is 3. The smallest absolute Gasteiger partial charge is 0.321 e. The number of carbonyl (C=O) groups is 2. The third-order valence-electron chi connectivity index (χ3n) is 5.24. The van der Waals surface area contributed by atoms with Gasteiger partial charge in [0.25, 0.3) is 5.91 Å². The van der Waals surface area contributed by atoms with Crippen molar-refractivity contribution in [3.8, 4) is 11.5 Å². The second-order valence-electron chi connectivity index (χ2n) is 7.48. The van der Waals surface area contributed by atoms with Crippen molar-refractivity contribution < 1.29 is 32.2 Å². The standard InChI is InChI=1S/C22H24N2O7S/c1-15(22(26)24-10-9-16-5-2-3-6-18(16)24)31-21(25)14-23-32(27,28)17-7-8-19-20(13-17)30-12-4-11-29-19/h2-3,5-8,13,15,23H,4,9-12,14H2,1H3. The SMILES string of the molecule is CC(OC(=O)CNS(=O)(=O)c1ccc2c(c1)OCCCO2)C(=O)N1CCc2ccccc21. The van der Waals surface area contributed by atoms with E-state index in [4.69, 9.17) is 14.2 Å². The molecule has 2 heterocycles. The molecule has 0 aliphatic carbocycles. The third-order valence-corrected chi connectivity index (χ3v) is 6.64. The van der Waals surface area contributed by atoms with Crippen molar-refractivity contribution >= 4 is 27.6 Å². The van der Waals surface area contributed by atoms with Gasteiger partial charge in [-0.3, -0.25) is 9.59 Å². The molecule has 1 atom stereocenters. The first-order chi connectivity index (χ1) is 15.3. The fraction of sp³-hybridized carbons (Fsp3) is 0.364. The maximum atomic E-state index is 12.7. The lowest BCUT2D eigenvalue weighted by Gasteiger charge is -2.21. The number of rotatable bonds is 6. The quantitative estimate of drug-likeness (QED) is 0.653. The molecule has 2 aromatic carbocycles. The molecule has 2 aliphatic rings. The van der Waals surface area contributed by atoms with Crippen LogP contribution in [0.1, 0.15) is 18.9 Å². The number of esters is 1. The number of anilines is 1. The lowest BCUT2D eigenvalue weighted by Crippen LogP contribution is -2.41. The Hall–Kier alpha value is -3.11. The van der Waals surface area contributed by atoms with E-state index in [-0.39, 0.29) is 10.8 Å². The summed E-state index contributed by atoms with van der Waals surface area (Å²) in [5, 5.41) is 0. The lowest BCUT2D eigenvalue weighted by atomic mass is 10.2. The van der Waals surface area contributed by atoms with E-state index in [0.29, 0.717) is 37.7 Å². The zero-order chi connectivity index (χ0) is 22.7. The van der Waals surface area contributed by atoms with Gasteiger partial charge in [-0.25, -0.2) is 8.42 Å². The summed E-state index contributed by atoms with van der Waals surface area (Å²) in [5.41, 5.74) is 1.86. The van der Waals surface area contributed by atoms with E-state index < -0.39 is 28.6 Å². The number of hydrogen-bond acceptors (Lipinski definition) is 7. The number of amides is 1. The summed E-state index contributed by atoms with van der Waals surface area (Å²) in [7, 11) is -3.99. The molecule has 0 saturated heterocycles. The van der Waals surface area contributed by atoms with Crippen molar-refractivity contribution in [1.82, 2.24) is 4.72 Å². The van der Waals surface area contributed by atoms with Crippen molar-refractivity contribution in [1.29, 1.82) is 0 Å². The second kappa shape index (κ2) is 9.17. The predicted octanol–water partition coefficient (Wildman–Crippen LogP) is 1.65. The number of nitrogens with zero attached hydrogens (tertiary/aromatic N) is 1. The predicted molar refractivity (Wildman–Crippen MR) is 115 cm³/mol. The van der Waals surface area contributed by atoms with Crippen LogP contribution in [-0.2, 0) is 30.8 Å². The monoisotopic (exact) mass is 460 g/mol. The Labute approximate surface area is 186 Å². The average molecular weight is 461 g/mol. The second-order valence-corrected chi connectivity index (χ2v) is 9.25. The van der Waals surface area contributed by atoms with E-state index in [9.17, 15) is 18.0 Å². The average Bonchev–Trinajstić information content (AvgIpc) is 3.07. The maximum Gasteiger partial charge on any atom is 0.321 e. The normalized spacial score (nSPS) is 16.1. The van der Waals surface area contributed by atoms with E-state index in [2.05, 4.69) is 4.72 Å². The van der Waals surface area contributed by atoms with E-state index in [0.717, 1.165) is 17.7 Å². The lowest BCUT2D eigenvalue weighted by molar-refractivity contribution is -0.152. The maximum absolute atomic E-state index is 12.7. The Morgan fingerprint density at radius 3 is 2.69 bits per heavy atom. The van der Waals surface area contributed by atoms with Crippen molar-refractivity contribution in [2.24, 2.45) is 0 Å². The molecule has 170 valence electrons. The Kier molecular flexibility index (Phi) is 6.33. The van der Waals surface area contributed by atoms with Crippen LogP contribution >= 0.6 is 0 Å². The Balaban J connectivity index is 1.34. The van der Waals surface area contributed by atoms with Crippen LogP contribution < -0.4 is 19.1 Å². The highest BCUT2D eigenvalue weighted by molar-refractivity contribution is 7.89. The molecule has 0 aromatic heterocycles. The zero-order valence-corrected chi connectivity index (χ0v) is 18.4. The number of para-hydroxylation sites is 1. The Morgan fingerprint density at radius 1 is 1.12 bits per heavy atom. The highest BCUT2D eigenvalue weighted by Crippen LogP contribution is 2.32. The van der Waals surface area contributed by atoms with Crippen LogP contribution in [0.4, 0.5) is 5.69 Å². The molecule has 0 saturated carbocycles. The first kappa shape index (κ1) is 22.1. The Morgan fingerprint density at radius 2 is 1.88 bits per heavy atom. The number of nitrogens with one attached hydrogen (secondary N) is 1. The number of sulfonamides is 1. The number of benzene rings is 2. The first-order valence-electron chi connectivity index (χ1n) is 10.3. The van der Waals surface area contributed by atoms with Gasteiger partial charge >= 0.3 is 5.97 Å². The van der Waals surface area contributed by atoms with E-state index in [1.54, 1.807) is 4.90 Å². The molecule has 2 aromatic rings. The first-order valence-corrected chi connectivity index (χ1v) is 11.8. The van der Waals surface area contributed by atoms with E-state index >= 15 is 0 Å². The van der Waals surface area contributed by atoms with Crippen LogP contribution in [0.25, 0.3) is 0 Å². The van der Waals surface area contributed by atoms with Gasteiger partial charge in [-0.15, -0.1) is 0 Å². The number of carbonyl (C=O) groups excluding carboxylic acids is 2. The summed E-state index contributed by atoms with van der Waals surface area (Å²) in [4.78, 5) is 26.4. The summed E-state index contributed by atoms with van der Waals surface area (Å²) in [5.74, 6) is -0.403. The summed E-state index contributed by atoms with van der Waals surface area (Å²) in [6.07, 6.45) is 0.384. The van der Waals surface area contributed by atoms with Crippen LogP contribution in [0.15, 0.2) is 47.4 Å². The molecule has 0 fully saturated rings. The molecule has 9 nitrogen and oxygen atoms in total. The summed E-state index contributed by atoms with van der Waals surface area (Å²) >= 11 is 0. The summed E-state index contributed by atoms with van der Waals surface area (Å²) in [6, 6.07) is 11.8. The van der Waals surface area contributed by atoms with Crippen molar-refractivity contribution in [2.75, 3.05) is 31.2 Å². The van der Waals surface area contributed by atoms with E-state index in [1.807, 2.05) is 24.3 Å². The minimum Gasteiger partial charge on any atom is -0.490 e. The van der Waals surface area contributed by atoms with Gasteiger partial charge in [0.1, 0.15) is 6.54 Å². The molecule has 1 N–H and O–H groups in total. The van der Waals surface area contributed by atoms with Gasteiger partial charge in [-0.1, -0.05) is 18.2 Å². The van der Waals surface area contributed by atoms with Crippen LogP contribution in [0.2, 0.25) is 0 Å². The summed E-state index contributed by atoms with van der Waals surface area (Å²) < 4.78 is 43.6. The highest BCUT2D eigenvalue weighted by atomic mass is 32.2. The molecule has 1 unspecified atom stereocenters. The fourth-order valence-corrected chi connectivity index (χ4v) is 4.61. The van der Waals surface area contributed by atoms with Gasteiger partial charge in [0, 0.05) is 24.7 Å². The third kappa shape index (κ3) is 4.71. The molecular weight excluding hydrogens is 436 g/mol. The molecule has 0 radical (unpaired) electrons. The molecule has 0 spiro atoms. The van der Waals surface area contributed by atoms with Crippen LogP contribution in [0.5, 0.6) is 11.5 Å². The minimum absolute atomic E-state index is 0.0626. The Bertz CT molecular complexity index is 1130. The number of hydrogen-bond donors (Lipinski definition) is 1. The van der Waals surface area contributed by atoms with Gasteiger partial charge in [0.15, 0.2) is 17.6 Å². The van der Waals surface area contributed by atoms with Crippen molar-refractivity contribution in [2.45, 2.75) is 30.8 Å². The molecule has 32 heavy (non-hydrogen) atoms. The van der Waals surface area contributed by atoms with Crippen LogP contribution in [0, 0.1) is 0 Å². The van der Waals surface area contributed by atoms with E-state index in [1.165, 1.54) is 25.1 Å². The topological polar surface area (TPSA) is 111 Å². The van der Waals surface area contributed by atoms with Gasteiger partial charge < -0.3 is 19.1 Å².